The van der Waals surface area contributed by atoms with Crippen LogP contribution in [0.5, 0.6) is 0 Å². The van der Waals surface area contributed by atoms with Gasteiger partial charge in [-0.2, -0.15) is 0 Å². The zero-order chi connectivity index (χ0) is 14.2. The molecule has 0 bridgehead atoms. The number of hydrogen-bond donors (Lipinski definition) is 1. The molecule has 6 heteroatoms. The number of aromatic nitrogens is 1. The van der Waals surface area contributed by atoms with Crippen molar-refractivity contribution in [3.05, 3.63) is 50.7 Å². The van der Waals surface area contributed by atoms with Crippen LogP contribution in [0.3, 0.4) is 0 Å². The molecule has 0 radical (unpaired) electrons. The number of aryl methyl sites for hydroxylation is 2. The van der Waals surface area contributed by atoms with E-state index in [1.807, 2.05) is 13.8 Å². The molecule has 1 atom stereocenters. The van der Waals surface area contributed by atoms with Gasteiger partial charge in [-0.15, -0.1) is 11.3 Å². The highest BCUT2D eigenvalue weighted by Crippen LogP contribution is 2.26. The summed E-state index contributed by atoms with van der Waals surface area (Å²) in [6.07, 6.45) is -1.18. The predicted molar refractivity (Wildman–Crippen MR) is 66.6 cm³/mol. The van der Waals surface area contributed by atoms with E-state index in [1.54, 1.807) is 0 Å². The Hall–Kier alpha value is -1.40. The van der Waals surface area contributed by atoms with Gasteiger partial charge in [0.15, 0.2) is 17.5 Å². The molecule has 0 aliphatic heterocycles. The van der Waals surface area contributed by atoms with E-state index in [2.05, 4.69) is 4.98 Å². The van der Waals surface area contributed by atoms with E-state index in [1.165, 1.54) is 11.3 Å². The van der Waals surface area contributed by atoms with Crippen molar-refractivity contribution >= 4 is 11.3 Å². The maximum atomic E-state index is 13.5. The second-order valence-corrected chi connectivity index (χ2v) is 5.52. The molecule has 0 fully saturated rings. The number of halogens is 3. The molecule has 102 valence electrons. The number of benzene rings is 1. The lowest BCUT2D eigenvalue weighted by atomic mass is 10.1. The lowest BCUT2D eigenvalue weighted by molar-refractivity contribution is 0.171. The average molecular weight is 287 g/mol. The van der Waals surface area contributed by atoms with Crippen LogP contribution in [0.1, 0.15) is 27.2 Å². The first-order valence-electron chi connectivity index (χ1n) is 5.64. The molecular formula is C13H12F3NOS. The van der Waals surface area contributed by atoms with E-state index in [-0.39, 0.29) is 12.0 Å². The summed E-state index contributed by atoms with van der Waals surface area (Å²) >= 11 is 1.39. The Labute approximate surface area is 112 Å². The fourth-order valence-corrected chi connectivity index (χ4v) is 2.67. The van der Waals surface area contributed by atoms with Crippen molar-refractivity contribution in [3.63, 3.8) is 0 Å². The number of aliphatic hydroxyl groups excluding tert-OH is 1. The van der Waals surface area contributed by atoms with Crippen LogP contribution in [0.25, 0.3) is 0 Å². The van der Waals surface area contributed by atoms with Crippen LogP contribution in [0.15, 0.2) is 12.1 Å². The molecule has 2 nitrogen and oxygen atoms in total. The number of aliphatic hydroxyl groups is 1. The van der Waals surface area contributed by atoms with Crippen LogP contribution < -0.4 is 0 Å². The second-order valence-electron chi connectivity index (χ2n) is 4.23. The monoisotopic (exact) mass is 287 g/mol. The molecule has 2 aromatic rings. The van der Waals surface area contributed by atoms with Crippen molar-refractivity contribution in [2.24, 2.45) is 0 Å². The third kappa shape index (κ3) is 2.79. The quantitative estimate of drug-likeness (QED) is 0.877. The lowest BCUT2D eigenvalue weighted by Gasteiger charge is -2.11. The molecule has 1 aromatic heterocycles. The van der Waals surface area contributed by atoms with Gasteiger partial charge in [-0.05, 0) is 19.9 Å². The van der Waals surface area contributed by atoms with Crippen LogP contribution in [-0.2, 0) is 6.42 Å². The first-order chi connectivity index (χ1) is 8.90. The minimum atomic E-state index is -1.57. The van der Waals surface area contributed by atoms with Gasteiger partial charge in [-0.1, -0.05) is 6.07 Å². The highest BCUT2D eigenvalue weighted by atomic mass is 32.1. The first-order valence-corrected chi connectivity index (χ1v) is 6.46. The van der Waals surface area contributed by atoms with E-state index < -0.39 is 23.6 Å². The minimum Gasteiger partial charge on any atom is -0.388 e. The summed E-state index contributed by atoms with van der Waals surface area (Å²) in [5.41, 5.74) is 0.586. The largest absolute Gasteiger partial charge is 0.388 e. The summed E-state index contributed by atoms with van der Waals surface area (Å²) in [4.78, 5) is 5.22. The Morgan fingerprint density at radius 2 is 1.89 bits per heavy atom. The molecule has 1 aromatic carbocycles. The minimum absolute atomic E-state index is 0.0708. The zero-order valence-electron chi connectivity index (χ0n) is 10.4. The molecule has 19 heavy (non-hydrogen) atoms. The van der Waals surface area contributed by atoms with Gasteiger partial charge in [-0.25, -0.2) is 18.2 Å². The van der Waals surface area contributed by atoms with Gasteiger partial charge in [0.2, 0.25) is 0 Å². The Bertz CT molecular complexity index is 593. The Morgan fingerprint density at radius 1 is 1.21 bits per heavy atom. The van der Waals surface area contributed by atoms with Gasteiger partial charge < -0.3 is 5.11 Å². The molecule has 1 N–H and O–H groups in total. The molecular weight excluding hydrogens is 275 g/mol. The fourth-order valence-electron chi connectivity index (χ4n) is 1.70. The van der Waals surface area contributed by atoms with Gasteiger partial charge in [0.25, 0.3) is 0 Å². The predicted octanol–water partition coefficient (Wildman–Crippen LogP) is 3.45. The first kappa shape index (κ1) is 14.0. The molecule has 1 heterocycles. The lowest BCUT2D eigenvalue weighted by Crippen LogP contribution is -2.07. The molecule has 0 spiro atoms. The van der Waals surface area contributed by atoms with Crippen molar-refractivity contribution < 1.29 is 18.3 Å². The molecule has 0 amide bonds. The van der Waals surface area contributed by atoms with Crippen LogP contribution >= 0.6 is 11.3 Å². The molecule has 0 saturated heterocycles. The van der Waals surface area contributed by atoms with E-state index >= 15 is 0 Å². The van der Waals surface area contributed by atoms with Crippen LogP contribution in [0, 0.1) is 31.3 Å². The summed E-state index contributed by atoms with van der Waals surface area (Å²) in [5.74, 6) is -4.19. The van der Waals surface area contributed by atoms with Crippen LogP contribution in [-0.4, -0.2) is 10.1 Å². The van der Waals surface area contributed by atoms with Crippen LogP contribution in [0.4, 0.5) is 13.2 Å². The van der Waals surface area contributed by atoms with Gasteiger partial charge >= 0.3 is 0 Å². The number of rotatable bonds is 3. The SMILES string of the molecule is Cc1nc(CC(O)c2ccc(F)c(F)c2F)sc1C. The molecule has 0 aliphatic carbocycles. The van der Waals surface area contributed by atoms with Crippen molar-refractivity contribution in [1.29, 1.82) is 0 Å². The zero-order valence-corrected chi connectivity index (χ0v) is 11.2. The Kier molecular flexibility index (Phi) is 3.91. The van der Waals surface area contributed by atoms with Crippen molar-refractivity contribution in [3.8, 4) is 0 Å². The third-order valence-corrected chi connectivity index (χ3v) is 3.96. The number of thiazole rings is 1. The normalized spacial score (nSPS) is 12.7. The average Bonchev–Trinajstić information content (AvgIpc) is 2.65. The third-order valence-electron chi connectivity index (χ3n) is 2.86. The smallest absolute Gasteiger partial charge is 0.194 e. The van der Waals surface area contributed by atoms with Crippen LogP contribution in [0.2, 0.25) is 0 Å². The standard InChI is InChI=1S/C13H12F3NOS/c1-6-7(2)19-11(17-6)5-10(18)8-3-4-9(14)13(16)12(8)15/h3-4,10,18H,5H2,1-2H3. The number of nitrogens with zero attached hydrogens (tertiary/aromatic N) is 1. The fraction of sp³-hybridized carbons (Fsp3) is 0.308. The summed E-state index contributed by atoms with van der Waals surface area (Å²) in [6, 6.07) is 1.85. The van der Waals surface area contributed by atoms with Gasteiger partial charge in [0.1, 0.15) is 0 Å². The van der Waals surface area contributed by atoms with Gasteiger partial charge in [-0.3, -0.25) is 0 Å². The second kappa shape index (κ2) is 5.30. The Morgan fingerprint density at radius 3 is 2.47 bits per heavy atom. The topological polar surface area (TPSA) is 33.1 Å². The maximum absolute atomic E-state index is 13.5. The van der Waals surface area contributed by atoms with Crippen molar-refractivity contribution in [2.45, 2.75) is 26.4 Å². The summed E-state index contributed by atoms with van der Waals surface area (Å²) in [6.45, 7) is 3.72. The highest BCUT2D eigenvalue weighted by Gasteiger charge is 2.20. The number of hydrogen-bond acceptors (Lipinski definition) is 3. The molecule has 2 rings (SSSR count). The van der Waals surface area contributed by atoms with Crippen molar-refractivity contribution in [2.75, 3.05) is 0 Å². The Balaban J connectivity index is 2.25. The van der Waals surface area contributed by atoms with E-state index in [0.29, 0.717) is 5.01 Å². The summed E-state index contributed by atoms with van der Waals surface area (Å²) in [7, 11) is 0. The van der Waals surface area contributed by atoms with Gasteiger partial charge in [0.05, 0.1) is 16.8 Å². The van der Waals surface area contributed by atoms with Crippen molar-refractivity contribution in [1.82, 2.24) is 4.98 Å². The highest BCUT2D eigenvalue weighted by molar-refractivity contribution is 7.11. The molecule has 0 saturated carbocycles. The maximum Gasteiger partial charge on any atom is 0.194 e. The van der Waals surface area contributed by atoms with E-state index in [9.17, 15) is 18.3 Å². The van der Waals surface area contributed by atoms with E-state index in [0.717, 1.165) is 22.7 Å². The van der Waals surface area contributed by atoms with E-state index in [4.69, 9.17) is 0 Å². The molecule has 0 aliphatic rings. The van der Waals surface area contributed by atoms with Gasteiger partial charge in [0, 0.05) is 16.9 Å². The summed E-state index contributed by atoms with van der Waals surface area (Å²) < 4.78 is 39.4. The molecule has 1 unspecified atom stereocenters. The summed E-state index contributed by atoms with van der Waals surface area (Å²) in [5, 5.41) is 10.5.